The zero-order valence-corrected chi connectivity index (χ0v) is 19.7. The van der Waals surface area contributed by atoms with E-state index < -0.39 is 0 Å². The van der Waals surface area contributed by atoms with Crippen molar-refractivity contribution in [3.8, 4) is 0 Å². The molecule has 33 heavy (non-hydrogen) atoms. The van der Waals surface area contributed by atoms with Crippen molar-refractivity contribution < 1.29 is 14.3 Å². The fourth-order valence-electron chi connectivity index (χ4n) is 4.19. The van der Waals surface area contributed by atoms with Crippen LogP contribution in [-0.2, 0) is 20.7 Å². The molecule has 1 aliphatic heterocycles. The van der Waals surface area contributed by atoms with E-state index in [2.05, 4.69) is 51.9 Å². The lowest BCUT2D eigenvalue weighted by Gasteiger charge is -2.34. The largest absolute Gasteiger partial charge is 0.466 e. The van der Waals surface area contributed by atoms with Gasteiger partial charge in [-0.15, -0.1) is 0 Å². The minimum atomic E-state index is -0.137. The smallest absolute Gasteiger partial charge is 0.307 e. The minimum absolute atomic E-state index is 0.0746. The molecule has 2 N–H and O–H groups in total. The Morgan fingerprint density at radius 2 is 1.70 bits per heavy atom. The van der Waals surface area contributed by atoms with Crippen LogP contribution < -0.4 is 15.5 Å². The number of esters is 1. The fraction of sp³-hybridized carbons (Fsp3) is 0.481. The van der Waals surface area contributed by atoms with E-state index in [-0.39, 0.29) is 11.9 Å². The number of hydrogen-bond acceptors (Lipinski definition) is 5. The first-order valence-electron chi connectivity index (χ1n) is 12.2. The lowest BCUT2D eigenvalue weighted by Crippen LogP contribution is -2.43. The van der Waals surface area contributed by atoms with Crippen LogP contribution in [0.15, 0.2) is 54.6 Å². The van der Waals surface area contributed by atoms with Crippen LogP contribution in [0.2, 0.25) is 0 Å². The second-order valence-electron chi connectivity index (χ2n) is 8.56. The van der Waals surface area contributed by atoms with Gasteiger partial charge in [0.1, 0.15) is 0 Å². The van der Waals surface area contributed by atoms with Gasteiger partial charge in [0.15, 0.2) is 0 Å². The first kappa shape index (κ1) is 24.8. The summed E-state index contributed by atoms with van der Waals surface area (Å²) in [6.45, 7) is 4.89. The maximum absolute atomic E-state index is 12.3. The van der Waals surface area contributed by atoms with Crippen LogP contribution in [-0.4, -0.2) is 44.2 Å². The van der Waals surface area contributed by atoms with Crippen LogP contribution in [0, 0.1) is 0 Å². The summed E-state index contributed by atoms with van der Waals surface area (Å²) in [5.41, 5.74) is 3.35. The van der Waals surface area contributed by atoms with Crippen molar-refractivity contribution >= 4 is 23.3 Å². The van der Waals surface area contributed by atoms with Gasteiger partial charge >= 0.3 is 5.97 Å². The molecule has 3 rings (SSSR count). The van der Waals surface area contributed by atoms with Crippen LogP contribution in [0.5, 0.6) is 0 Å². The van der Waals surface area contributed by atoms with E-state index in [4.69, 9.17) is 4.74 Å². The Morgan fingerprint density at radius 1 is 0.970 bits per heavy atom. The zero-order valence-electron chi connectivity index (χ0n) is 19.7. The van der Waals surface area contributed by atoms with E-state index >= 15 is 0 Å². The highest BCUT2D eigenvalue weighted by atomic mass is 16.5. The number of hydrogen-bond donors (Lipinski definition) is 2. The van der Waals surface area contributed by atoms with Gasteiger partial charge in [-0.1, -0.05) is 30.3 Å². The number of amides is 1. The molecule has 0 aliphatic carbocycles. The Kier molecular flexibility index (Phi) is 10.2. The lowest BCUT2D eigenvalue weighted by molar-refractivity contribution is -0.143. The van der Waals surface area contributed by atoms with Crippen molar-refractivity contribution in [1.29, 1.82) is 0 Å². The van der Waals surface area contributed by atoms with Crippen LogP contribution in [0.3, 0.4) is 0 Å². The molecule has 0 spiro atoms. The number of piperidine rings is 1. The summed E-state index contributed by atoms with van der Waals surface area (Å²) in [5.74, 6) is -0.0627. The molecule has 0 unspecified atom stereocenters. The Balaban J connectivity index is 1.32. The molecule has 1 aliphatic rings. The molecule has 1 fully saturated rings. The number of ether oxygens (including phenoxy) is 1. The van der Waals surface area contributed by atoms with E-state index in [0.29, 0.717) is 32.0 Å². The molecular weight excluding hydrogens is 414 g/mol. The summed E-state index contributed by atoms with van der Waals surface area (Å²) < 4.78 is 4.97. The molecule has 0 atom stereocenters. The molecular formula is C27H37N3O3. The first-order chi connectivity index (χ1) is 16.1. The van der Waals surface area contributed by atoms with Gasteiger partial charge in [-0.3, -0.25) is 9.59 Å². The molecule has 1 saturated heterocycles. The number of nitrogens with one attached hydrogen (secondary N) is 2. The third kappa shape index (κ3) is 8.89. The highest BCUT2D eigenvalue weighted by Gasteiger charge is 2.19. The number of aryl methyl sites for hydroxylation is 1. The van der Waals surface area contributed by atoms with Crippen LogP contribution in [0.25, 0.3) is 0 Å². The van der Waals surface area contributed by atoms with E-state index in [1.807, 2.05) is 25.1 Å². The summed E-state index contributed by atoms with van der Waals surface area (Å²) in [4.78, 5) is 26.1. The number of rotatable bonds is 12. The first-order valence-corrected chi connectivity index (χ1v) is 12.2. The number of anilines is 2. The van der Waals surface area contributed by atoms with Crippen molar-refractivity contribution in [3.05, 3.63) is 60.2 Å². The number of unbranched alkanes of at least 4 members (excludes halogenated alkanes) is 1. The topological polar surface area (TPSA) is 70.7 Å². The van der Waals surface area contributed by atoms with Gasteiger partial charge in [0.05, 0.1) is 13.0 Å². The number of carbonyl (C=O) groups excluding carboxylic acids is 2. The van der Waals surface area contributed by atoms with Gasteiger partial charge < -0.3 is 20.3 Å². The molecule has 1 amide bonds. The minimum Gasteiger partial charge on any atom is -0.466 e. The van der Waals surface area contributed by atoms with Crippen molar-refractivity contribution in [2.45, 2.75) is 57.9 Å². The molecule has 0 radical (unpaired) electrons. The molecule has 6 heteroatoms. The lowest BCUT2D eigenvalue weighted by atomic mass is 10.0. The average Bonchev–Trinajstić information content (AvgIpc) is 2.84. The molecule has 1 heterocycles. The van der Waals surface area contributed by atoms with Crippen molar-refractivity contribution in [2.24, 2.45) is 0 Å². The average molecular weight is 452 g/mol. The predicted molar refractivity (Wildman–Crippen MR) is 134 cm³/mol. The maximum Gasteiger partial charge on any atom is 0.307 e. The Morgan fingerprint density at radius 3 is 2.39 bits per heavy atom. The van der Waals surface area contributed by atoms with Gasteiger partial charge in [0, 0.05) is 43.5 Å². The number of carbonyl (C=O) groups is 2. The second kappa shape index (κ2) is 13.6. The molecule has 2 aromatic carbocycles. The number of benzene rings is 2. The Bertz CT molecular complexity index is 847. The van der Waals surface area contributed by atoms with E-state index in [1.165, 1.54) is 11.3 Å². The molecule has 2 aromatic rings. The Labute approximate surface area is 197 Å². The van der Waals surface area contributed by atoms with Crippen molar-refractivity contribution in [3.63, 3.8) is 0 Å². The van der Waals surface area contributed by atoms with Gasteiger partial charge in [-0.2, -0.15) is 0 Å². The normalized spacial score (nSPS) is 14.2. The summed E-state index contributed by atoms with van der Waals surface area (Å²) in [7, 11) is 0. The summed E-state index contributed by atoms with van der Waals surface area (Å²) >= 11 is 0. The van der Waals surface area contributed by atoms with E-state index in [1.54, 1.807) is 0 Å². The molecule has 0 aromatic heterocycles. The SMILES string of the molecule is CCOC(=O)CCNC1CCN(c2ccc(NC(=O)CCCCc3ccccc3)cc2)CC1. The summed E-state index contributed by atoms with van der Waals surface area (Å²) in [5, 5.41) is 6.48. The third-order valence-corrected chi connectivity index (χ3v) is 6.04. The molecule has 6 nitrogen and oxygen atoms in total. The standard InChI is InChI=1S/C27H37N3O3/c1-2-33-27(32)16-19-28-23-17-20-30(21-18-23)25-14-12-24(13-15-25)29-26(31)11-7-6-10-22-8-4-3-5-9-22/h3-5,8-9,12-15,23,28H,2,6-7,10-11,16-21H2,1H3,(H,29,31). The zero-order chi connectivity index (χ0) is 23.3. The maximum atomic E-state index is 12.3. The highest BCUT2D eigenvalue weighted by Crippen LogP contribution is 2.22. The van der Waals surface area contributed by atoms with E-state index in [0.717, 1.165) is 50.9 Å². The molecule has 0 saturated carbocycles. The monoisotopic (exact) mass is 451 g/mol. The van der Waals surface area contributed by atoms with Gasteiger partial charge in [0.25, 0.3) is 0 Å². The van der Waals surface area contributed by atoms with Crippen LogP contribution >= 0.6 is 0 Å². The molecule has 0 bridgehead atoms. The molecule has 178 valence electrons. The van der Waals surface area contributed by atoms with Crippen LogP contribution in [0.4, 0.5) is 11.4 Å². The summed E-state index contributed by atoms with van der Waals surface area (Å²) in [6.07, 6.45) is 5.99. The van der Waals surface area contributed by atoms with Crippen LogP contribution in [0.1, 0.15) is 51.0 Å². The third-order valence-electron chi connectivity index (χ3n) is 6.04. The van der Waals surface area contributed by atoms with Crippen molar-refractivity contribution in [2.75, 3.05) is 36.5 Å². The predicted octanol–water partition coefficient (Wildman–Crippen LogP) is 4.55. The second-order valence-corrected chi connectivity index (χ2v) is 8.56. The number of nitrogens with zero attached hydrogens (tertiary/aromatic N) is 1. The van der Waals surface area contributed by atoms with Gasteiger partial charge in [0.2, 0.25) is 5.91 Å². The summed E-state index contributed by atoms with van der Waals surface area (Å²) in [6, 6.07) is 19.0. The highest BCUT2D eigenvalue weighted by molar-refractivity contribution is 5.90. The Hall–Kier alpha value is -2.86. The quantitative estimate of drug-likeness (QED) is 0.366. The van der Waals surface area contributed by atoms with Gasteiger partial charge in [-0.05, 0) is 68.9 Å². The van der Waals surface area contributed by atoms with Gasteiger partial charge in [-0.25, -0.2) is 0 Å². The van der Waals surface area contributed by atoms with Crippen molar-refractivity contribution in [1.82, 2.24) is 5.32 Å². The fourth-order valence-corrected chi connectivity index (χ4v) is 4.19. The van der Waals surface area contributed by atoms with E-state index in [9.17, 15) is 9.59 Å².